The van der Waals surface area contributed by atoms with Crippen molar-refractivity contribution in [1.29, 1.82) is 5.26 Å². The van der Waals surface area contributed by atoms with Crippen molar-refractivity contribution in [3.63, 3.8) is 0 Å². The Morgan fingerprint density at radius 3 is 2.49 bits per heavy atom. The second kappa shape index (κ2) is 12.9. The average molecular weight is 583 g/mol. The van der Waals surface area contributed by atoms with Gasteiger partial charge in [0.15, 0.2) is 0 Å². The highest BCUT2D eigenvalue weighted by molar-refractivity contribution is 6.23. The largest absolute Gasteiger partial charge is 0.496 e. The number of hydrogen-bond acceptors (Lipinski definition) is 8. The molecule has 0 saturated carbocycles. The summed E-state index contributed by atoms with van der Waals surface area (Å²) in [6.07, 6.45) is 3.19. The summed E-state index contributed by atoms with van der Waals surface area (Å²) in [7, 11) is 1.51. The van der Waals surface area contributed by atoms with E-state index in [1.165, 1.54) is 31.5 Å². The lowest BCUT2D eigenvalue weighted by Gasteiger charge is -2.27. The highest BCUT2D eigenvalue weighted by Gasteiger charge is 2.44. The number of fused-ring (bicyclic) bond motifs is 1. The van der Waals surface area contributed by atoms with E-state index in [1.807, 2.05) is 19.9 Å². The third-order valence-corrected chi connectivity index (χ3v) is 6.95. The summed E-state index contributed by atoms with van der Waals surface area (Å²) >= 11 is 0. The maximum atomic E-state index is 13.0. The van der Waals surface area contributed by atoms with Gasteiger partial charge in [0.1, 0.15) is 17.9 Å². The molecule has 1 saturated heterocycles. The first-order valence-electron chi connectivity index (χ1n) is 13.7. The number of carbonyl (C=O) groups is 5. The fourth-order valence-corrected chi connectivity index (χ4v) is 4.90. The fraction of sp³-hybridized carbons (Fsp3) is 0.258. The molecule has 0 aliphatic carbocycles. The Morgan fingerprint density at radius 2 is 1.79 bits per heavy atom. The Bertz CT molecular complexity index is 1660. The predicted octanol–water partition coefficient (Wildman–Crippen LogP) is 3.94. The maximum absolute atomic E-state index is 13.0. The zero-order valence-corrected chi connectivity index (χ0v) is 24.1. The van der Waals surface area contributed by atoms with Crippen LogP contribution in [0.1, 0.15) is 71.5 Å². The van der Waals surface area contributed by atoms with Crippen molar-refractivity contribution >= 4 is 35.3 Å². The number of hydrogen-bond donors (Lipinski definition) is 3. The second-order valence-electron chi connectivity index (χ2n) is 9.56. The number of urea groups is 1. The lowest BCUT2D eigenvalue weighted by atomic mass is 10.0. The number of nitriles is 1. The van der Waals surface area contributed by atoms with Crippen LogP contribution in [-0.2, 0) is 9.59 Å². The smallest absolute Gasteiger partial charge is 0.319 e. The van der Waals surface area contributed by atoms with Gasteiger partial charge in [-0.15, -0.1) is 0 Å². The van der Waals surface area contributed by atoms with Crippen LogP contribution in [0.4, 0.5) is 10.5 Å². The maximum Gasteiger partial charge on any atom is 0.319 e. The van der Waals surface area contributed by atoms with Gasteiger partial charge in [0.05, 0.1) is 29.8 Å². The lowest BCUT2D eigenvalue weighted by molar-refractivity contribution is -0.136. The van der Waals surface area contributed by atoms with Crippen LogP contribution in [0, 0.1) is 11.3 Å². The molecule has 2 atom stereocenters. The number of imide groups is 2. The van der Waals surface area contributed by atoms with E-state index in [-0.39, 0.29) is 29.7 Å². The molecule has 220 valence electrons. The Kier molecular flexibility index (Phi) is 9.15. The van der Waals surface area contributed by atoms with Gasteiger partial charge in [-0.25, -0.2) is 4.79 Å². The van der Waals surface area contributed by atoms with Crippen LogP contribution in [0.5, 0.6) is 5.75 Å². The first-order chi connectivity index (χ1) is 20.7. The van der Waals surface area contributed by atoms with Crippen molar-refractivity contribution in [1.82, 2.24) is 20.5 Å². The number of methoxy groups -OCH3 is 1. The van der Waals surface area contributed by atoms with Crippen LogP contribution < -0.4 is 20.7 Å². The van der Waals surface area contributed by atoms with Gasteiger partial charge in [0, 0.05) is 35.6 Å². The highest BCUT2D eigenvalue weighted by Crippen LogP contribution is 2.32. The minimum Gasteiger partial charge on any atom is -0.496 e. The van der Waals surface area contributed by atoms with E-state index in [2.05, 4.69) is 27.0 Å². The van der Waals surface area contributed by atoms with Crippen molar-refractivity contribution in [3.05, 3.63) is 77.1 Å². The molecule has 3 heterocycles. The fourth-order valence-electron chi connectivity index (χ4n) is 4.90. The summed E-state index contributed by atoms with van der Waals surface area (Å²) < 4.78 is 5.55. The Balaban J connectivity index is 0.00000207. The molecule has 3 aromatic rings. The van der Waals surface area contributed by atoms with Gasteiger partial charge in [0.25, 0.3) is 11.8 Å². The molecule has 12 heteroatoms. The van der Waals surface area contributed by atoms with Gasteiger partial charge in [-0.05, 0) is 49.2 Å². The number of nitrogens with one attached hydrogen (secondary N) is 3. The van der Waals surface area contributed by atoms with Crippen molar-refractivity contribution in [2.75, 3.05) is 12.4 Å². The molecule has 1 fully saturated rings. The van der Waals surface area contributed by atoms with Crippen LogP contribution in [0.2, 0.25) is 0 Å². The first-order valence-corrected chi connectivity index (χ1v) is 13.7. The molecule has 0 spiro atoms. The Morgan fingerprint density at radius 1 is 1.05 bits per heavy atom. The van der Waals surface area contributed by atoms with Gasteiger partial charge in [-0.2, -0.15) is 5.26 Å². The van der Waals surface area contributed by atoms with E-state index in [1.54, 1.807) is 31.3 Å². The summed E-state index contributed by atoms with van der Waals surface area (Å²) in [5.74, 6) is -1.93. The van der Waals surface area contributed by atoms with Crippen molar-refractivity contribution < 1.29 is 28.7 Å². The standard InChI is InChI=1S/C29H24N6O6.C2H6/c1-15(20-5-3-17(10-24(20)41-2)18-9-16(12-30)13-31-14-18)32-29(40)33-19-4-6-21-22(11-19)28(39)35(27(21)38)23-7-8-25(36)34-26(23)37;1-2/h3-6,9-11,13-15,23H,7-8H2,1-2H3,(H2,32,33,40)(H,34,36,37);1-2H3. The molecule has 5 rings (SSSR count). The van der Waals surface area contributed by atoms with Gasteiger partial charge in [-0.1, -0.05) is 26.0 Å². The number of ether oxygens (including phenoxy) is 1. The first kappa shape index (κ1) is 30.4. The number of pyridine rings is 1. The van der Waals surface area contributed by atoms with E-state index in [0.717, 1.165) is 16.0 Å². The topological polar surface area (TPSA) is 171 Å². The van der Waals surface area contributed by atoms with Crippen molar-refractivity contribution in [2.24, 2.45) is 0 Å². The number of nitrogens with zero attached hydrogens (tertiary/aromatic N) is 3. The lowest BCUT2D eigenvalue weighted by Crippen LogP contribution is -2.54. The van der Waals surface area contributed by atoms with Gasteiger partial charge in [0.2, 0.25) is 11.8 Å². The molecule has 12 nitrogen and oxygen atoms in total. The molecule has 2 aliphatic heterocycles. The molecule has 0 bridgehead atoms. The SMILES string of the molecule is CC.COc1cc(-c2cncc(C#N)c2)ccc1C(C)NC(=O)Nc1ccc2c(c1)C(=O)N(C1CCC(=O)NC1=O)C2=O. The van der Waals surface area contributed by atoms with Gasteiger partial charge >= 0.3 is 6.03 Å². The zero-order chi connectivity index (χ0) is 31.3. The molecule has 2 aliphatic rings. The predicted molar refractivity (Wildman–Crippen MR) is 156 cm³/mol. The summed E-state index contributed by atoms with van der Waals surface area (Å²) in [4.78, 5) is 67.5. The van der Waals surface area contributed by atoms with E-state index >= 15 is 0 Å². The zero-order valence-electron chi connectivity index (χ0n) is 24.1. The molecular weight excluding hydrogens is 552 g/mol. The molecule has 3 N–H and O–H groups in total. The quantitative estimate of drug-likeness (QED) is 0.367. The third kappa shape index (κ3) is 6.20. The number of carbonyl (C=O) groups excluding carboxylic acids is 5. The van der Waals surface area contributed by atoms with Crippen LogP contribution in [-0.4, -0.2) is 52.7 Å². The number of piperidine rings is 1. The highest BCUT2D eigenvalue weighted by atomic mass is 16.5. The molecular formula is C31H30N6O6. The molecule has 0 radical (unpaired) electrons. The Hall–Kier alpha value is -5.57. The summed E-state index contributed by atoms with van der Waals surface area (Å²) in [5, 5.41) is 16.8. The normalized spacial score (nSPS) is 16.3. The minimum atomic E-state index is -1.08. The number of aromatic nitrogens is 1. The second-order valence-corrected chi connectivity index (χ2v) is 9.56. The molecule has 43 heavy (non-hydrogen) atoms. The number of anilines is 1. The van der Waals surface area contributed by atoms with Gasteiger partial charge in [-0.3, -0.25) is 34.4 Å². The summed E-state index contributed by atoms with van der Waals surface area (Å²) in [5.41, 5.74) is 3.09. The average Bonchev–Trinajstić information content (AvgIpc) is 3.26. The van der Waals surface area contributed by atoms with Crippen molar-refractivity contribution in [2.45, 2.75) is 45.7 Å². The van der Waals surface area contributed by atoms with E-state index in [0.29, 0.717) is 16.9 Å². The molecule has 2 aromatic carbocycles. The number of benzene rings is 2. The molecule has 2 unspecified atom stereocenters. The van der Waals surface area contributed by atoms with Crippen LogP contribution in [0.3, 0.4) is 0 Å². The van der Waals surface area contributed by atoms with E-state index < -0.39 is 41.7 Å². The van der Waals surface area contributed by atoms with Crippen LogP contribution in [0.25, 0.3) is 11.1 Å². The van der Waals surface area contributed by atoms with E-state index in [4.69, 9.17) is 10.00 Å². The van der Waals surface area contributed by atoms with Crippen LogP contribution in [0.15, 0.2) is 54.9 Å². The monoisotopic (exact) mass is 582 g/mol. The van der Waals surface area contributed by atoms with Gasteiger partial charge < -0.3 is 15.4 Å². The molecule has 6 amide bonds. The third-order valence-electron chi connectivity index (χ3n) is 6.95. The Labute approximate surface area is 248 Å². The van der Waals surface area contributed by atoms with Crippen LogP contribution >= 0.6 is 0 Å². The minimum absolute atomic E-state index is 0.0219. The van der Waals surface area contributed by atoms with Crippen molar-refractivity contribution in [3.8, 4) is 22.9 Å². The number of amides is 6. The summed E-state index contributed by atoms with van der Waals surface area (Å²) in [6.45, 7) is 5.78. The molecule has 1 aromatic heterocycles. The summed E-state index contributed by atoms with van der Waals surface area (Å²) in [6, 6.07) is 11.4. The number of rotatable bonds is 6. The van der Waals surface area contributed by atoms with E-state index in [9.17, 15) is 24.0 Å².